The van der Waals surface area contributed by atoms with E-state index in [1.165, 1.54) is 0 Å². The predicted molar refractivity (Wildman–Crippen MR) is 63.4 cm³/mol. The number of aliphatic hydroxyl groups excluding tert-OH is 1. The van der Waals surface area contributed by atoms with Crippen molar-refractivity contribution >= 4 is 5.91 Å². The summed E-state index contributed by atoms with van der Waals surface area (Å²) in [5.41, 5.74) is 5.47. The van der Waals surface area contributed by atoms with E-state index >= 15 is 0 Å². The quantitative estimate of drug-likeness (QED) is 0.622. The summed E-state index contributed by atoms with van der Waals surface area (Å²) >= 11 is 0. The van der Waals surface area contributed by atoms with Crippen molar-refractivity contribution in [3.05, 3.63) is 0 Å². The van der Waals surface area contributed by atoms with Gasteiger partial charge in [0.1, 0.15) is 0 Å². The number of ether oxygens (including phenoxy) is 1. The summed E-state index contributed by atoms with van der Waals surface area (Å²) in [7, 11) is 0. The van der Waals surface area contributed by atoms with E-state index in [1.807, 2.05) is 0 Å². The molecule has 0 bridgehead atoms. The molecule has 0 atom stereocenters. The van der Waals surface area contributed by atoms with Crippen LogP contribution in [0.1, 0.15) is 32.1 Å². The van der Waals surface area contributed by atoms with Crippen LogP contribution in [0.4, 0.5) is 0 Å². The molecular weight excluding hydrogens is 220 g/mol. The molecule has 1 aliphatic heterocycles. The number of carbonyl (C=O) groups is 1. The lowest BCUT2D eigenvalue weighted by Crippen LogP contribution is -2.57. The van der Waals surface area contributed by atoms with Gasteiger partial charge in [0, 0.05) is 26.4 Å². The number of nitrogens with one attached hydrogen (secondary N) is 1. The molecule has 1 saturated heterocycles. The molecule has 1 amide bonds. The number of hydrogen-bond acceptors (Lipinski definition) is 4. The van der Waals surface area contributed by atoms with Gasteiger partial charge in [-0.1, -0.05) is 0 Å². The summed E-state index contributed by atoms with van der Waals surface area (Å²) in [6.45, 7) is 1.96. The van der Waals surface area contributed by atoms with E-state index in [-0.39, 0.29) is 17.9 Å². The maximum atomic E-state index is 12.0. The fraction of sp³-hybridized carbons (Fsp3) is 0.917. The van der Waals surface area contributed by atoms with Crippen LogP contribution in [0.3, 0.4) is 0 Å². The first-order valence-electron chi connectivity index (χ1n) is 6.36. The van der Waals surface area contributed by atoms with Crippen molar-refractivity contribution in [1.82, 2.24) is 5.32 Å². The van der Waals surface area contributed by atoms with Crippen molar-refractivity contribution in [3.63, 3.8) is 0 Å². The van der Waals surface area contributed by atoms with Gasteiger partial charge in [-0.15, -0.1) is 0 Å². The summed E-state index contributed by atoms with van der Waals surface area (Å²) in [4.78, 5) is 12.0. The Kier molecular flexibility index (Phi) is 3.70. The van der Waals surface area contributed by atoms with Crippen molar-refractivity contribution in [3.8, 4) is 0 Å². The Morgan fingerprint density at radius 2 is 1.94 bits per heavy atom. The smallest absolute Gasteiger partial charge is 0.240 e. The second kappa shape index (κ2) is 4.92. The molecular formula is C12H22N2O3. The summed E-state index contributed by atoms with van der Waals surface area (Å²) in [5, 5.41) is 11.9. The lowest BCUT2D eigenvalue weighted by atomic mass is 9.90. The molecule has 98 valence electrons. The first-order valence-corrected chi connectivity index (χ1v) is 6.36. The third-order valence-electron chi connectivity index (χ3n) is 4.06. The highest BCUT2D eigenvalue weighted by molar-refractivity contribution is 5.86. The average molecular weight is 242 g/mol. The van der Waals surface area contributed by atoms with Crippen molar-refractivity contribution in [2.75, 3.05) is 26.4 Å². The maximum Gasteiger partial charge on any atom is 0.240 e. The molecule has 0 radical (unpaired) electrons. The highest BCUT2D eigenvalue weighted by atomic mass is 16.5. The summed E-state index contributed by atoms with van der Waals surface area (Å²) in [6.07, 6.45) is 4.13. The van der Waals surface area contributed by atoms with Crippen LogP contribution in [0.15, 0.2) is 0 Å². The third-order valence-corrected chi connectivity index (χ3v) is 4.06. The Balaban J connectivity index is 1.80. The minimum absolute atomic E-state index is 0.0648. The van der Waals surface area contributed by atoms with Gasteiger partial charge in [-0.05, 0) is 37.5 Å². The summed E-state index contributed by atoms with van der Waals surface area (Å²) in [5.74, 6) is -0.0648. The molecule has 5 heteroatoms. The van der Waals surface area contributed by atoms with Gasteiger partial charge >= 0.3 is 0 Å². The predicted octanol–water partition coefficient (Wildman–Crippen LogP) is -0.227. The Morgan fingerprint density at radius 1 is 1.29 bits per heavy atom. The van der Waals surface area contributed by atoms with Crippen LogP contribution in [0.25, 0.3) is 0 Å². The van der Waals surface area contributed by atoms with Gasteiger partial charge in [0.2, 0.25) is 5.91 Å². The van der Waals surface area contributed by atoms with Crippen LogP contribution < -0.4 is 11.1 Å². The molecule has 0 unspecified atom stereocenters. The van der Waals surface area contributed by atoms with Gasteiger partial charge in [-0.3, -0.25) is 4.79 Å². The van der Waals surface area contributed by atoms with Gasteiger partial charge in [0.15, 0.2) is 0 Å². The molecule has 2 fully saturated rings. The zero-order valence-corrected chi connectivity index (χ0v) is 10.2. The Morgan fingerprint density at radius 3 is 2.47 bits per heavy atom. The molecule has 1 heterocycles. The minimum atomic E-state index is -0.756. The van der Waals surface area contributed by atoms with Crippen LogP contribution in [0, 0.1) is 5.41 Å². The molecule has 2 aliphatic rings. The van der Waals surface area contributed by atoms with Crippen molar-refractivity contribution in [2.45, 2.75) is 37.6 Å². The first-order chi connectivity index (χ1) is 8.10. The van der Waals surface area contributed by atoms with E-state index < -0.39 is 5.54 Å². The van der Waals surface area contributed by atoms with E-state index in [1.54, 1.807) is 0 Å². The van der Waals surface area contributed by atoms with Crippen molar-refractivity contribution in [1.29, 1.82) is 0 Å². The first kappa shape index (κ1) is 12.8. The van der Waals surface area contributed by atoms with Gasteiger partial charge in [-0.25, -0.2) is 0 Å². The lowest BCUT2D eigenvalue weighted by molar-refractivity contribution is -0.130. The topological polar surface area (TPSA) is 84.6 Å². The highest BCUT2D eigenvalue weighted by Gasteiger charge is 2.43. The molecule has 2 rings (SSSR count). The monoisotopic (exact) mass is 242 g/mol. The van der Waals surface area contributed by atoms with Gasteiger partial charge < -0.3 is 20.9 Å². The van der Waals surface area contributed by atoms with Gasteiger partial charge in [0.25, 0.3) is 0 Å². The number of carbonyl (C=O) groups excluding carboxylic acids is 1. The van der Waals surface area contributed by atoms with Gasteiger partial charge in [-0.2, -0.15) is 0 Å². The number of hydrogen-bond donors (Lipinski definition) is 3. The fourth-order valence-electron chi connectivity index (χ4n) is 2.34. The molecule has 5 nitrogen and oxygen atoms in total. The van der Waals surface area contributed by atoms with Crippen molar-refractivity contribution < 1.29 is 14.6 Å². The second-order valence-electron chi connectivity index (χ2n) is 5.42. The van der Waals surface area contributed by atoms with E-state index in [4.69, 9.17) is 15.6 Å². The van der Waals surface area contributed by atoms with E-state index in [9.17, 15) is 4.79 Å². The summed E-state index contributed by atoms with van der Waals surface area (Å²) in [6, 6.07) is 0. The zero-order valence-electron chi connectivity index (χ0n) is 10.2. The third kappa shape index (κ3) is 2.97. The molecule has 0 aromatic heterocycles. The fourth-order valence-corrected chi connectivity index (χ4v) is 2.34. The molecule has 1 saturated carbocycles. The van der Waals surface area contributed by atoms with Crippen LogP contribution in [0.5, 0.6) is 0 Å². The van der Waals surface area contributed by atoms with Crippen LogP contribution in [-0.4, -0.2) is 42.9 Å². The Bertz CT molecular complexity index is 283. The molecule has 17 heavy (non-hydrogen) atoms. The van der Waals surface area contributed by atoms with Crippen LogP contribution in [-0.2, 0) is 9.53 Å². The Hall–Kier alpha value is -0.650. The van der Waals surface area contributed by atoms with Crippen LogP contribution >= 0.6 is 0 Å². The second-order valence-corrected chi connectivity index (χ2v) is 5.42. The normalized spacial score (nSPS) is 25.3. The molecule has 4 N–H and O–H groups in total. The molecule has 0 aromatic carbocycles. The average Bonchev–Trinajstić information content (AvgIpc) is 3.08. The molecule has 0 aromatic rings. The van der Waals surface area contributed by atoms with E-state index in [0.29, 0.717) is 32.6 Å². The maximum absolute atomic E-state index is 12.0. The zero-order chi connectivity index (χ0) is 12.4. The van der Waals surface area contributed by atoms with E-state index in [2.05, 4.69) is 5.32 Å². The SMILES string of the molecule is NC1(C(=O)NCC2(CCO)CC2)CCOCC1. The van der Waals surface area contributed by atoms with Crippen molar-refractivity contribution in [2.24, 2.45) is 11.1 Å². The summed E-state index contributed by atoms with van der Waals surface area (Å²) < 4.78 is 5.22. The minimum Gasteiger partial charge on any atom is -0.396 e. The standard InChI is InChI=1S/C12H22N2O3/c13-12(4-7-17-8-5-12)10(16)14-9-11(1-2-11)3-6-15/h15H,1-9,13H2,(H,14,16). The highest BCUT2D eigenvalue weighted by Crippen LogP contribution is 2.47. The van der Waals surface area contributed by atoms with E-state index in [0.717, 1.165) is 19.3 Å². The molecule has 1 aliphatic carbocycles. The lowest BCUT2D eigenvalue weighted by Gasteiger charge is -2.32. The number of nitrogens with two attached hydrogens (primary N) is 1. The molecule has 0 spiro atoms. The largest absolute Gasteiger partial charge is 0.396 e. The number of rotatable bonds is 5. The van der Waals surface area contributed by atoms with Gasteiger partial charge in [0.05, 0.1) is 5.54 Å². The Labute approximate surface area is 102 Å². The number of amides is 1. The number of aliphatic hydroxyl groups is 1. The van der Waals surface area contributed by atoms with Crippen LogP contribution in [0.2, 0.25) is 0 Å².